The van der Waals surface area contributed by atoms with E-state index in [1.165, 1.54) is 55.1 Å². The average Bonchev–Trinajstić information content (AvgIpc) is 3.50. The Balaban J connectivity index is 0.973. The van der Waals surface area contributed by atoms with Gasteiger partial charge in [0.15, 0.2) is 16.7 Å². The Morgan fingerprint density at radius 2 is 1.74 bits per heavy atom. The van der Waals surface area contributed by atoms with Crippen LogP contribution in [0.25, 0.3) is 22.2 Å². The van der Waals surface area contributed by atoms with Crippen molar-refractivity contribution in [2.75, 3.05) is 29.5 Å². The number of nitrogens with zero attached hydrogens (tertiary/aromatic N) is 3. The lowest BCUT2D eigenvalue weighted by molar-refractivity contribution is -0.137. The average molecular weight is 759 g/mol. The lowest BCUT2D eigenvalue weighted by Gasteiger charge is -2.29. The number of anilines is 2. The number of amides is 2. The molecule has 0 atom stereocenters. The Morgan fingerprint density at radius 3 is 2.44 bits per heavy atom. The molecule has 15 heteroatoms. The molecule has 0 spiro atoms. The standard InChI is InChI=1S/C39H31F5N6O3S/c1-38(2)36(52)49(25-8-7-23(19-45)29(17-25)39(42,43)44)37(54)50(38)26-9-10-32(30(41)18-26)53-14-13-46-20-21-3-5-22(6-4-21)34-27-11-12-47-35(51)28-15-24(40)16-31(48-34)33(27)28/h3-10,15-18,46,48H,11-14,20H2,1-2H3,(H,47,51). The van der Waals surface area contributed by atoms with Crippen molar-refractivity contribution in [3.8, 4) is 23.1 Å². The van der Waals surface area contributed by atoms with E-state index < -0.39 is 40.4 Å². The molecule has 3 heterocycles. The summed E-state index contributed by atoms with van der Waals surface area (Å²) in [5.41, 5.74) is 1.39. The third-order valence-corrected chi connectivity index (χ3v) is 9.87. The van der Waals surface area contributed by atoms with Crippen LogP contribution >= 0.6 is 12.2 Å². The number of rotatable bonds is 9. The fourth-order valence-corrected chi connectivity index (χ4v) is 7.42. The quantitative estimate of drug-likeness (QED) is 0.0818. The van der Waals surface area contributed by atoms with Gasteiger partial charge in [0.1, 0.15) is 18.0 Å². The molecule has 0 radical (unpaired) electrons. The maximum atomic E-state index is 15.3. The van der Waals surface area contributed by atoms with Gasteiger partial charge in [0.2, 0.25) is 0 Å². The fraction of sp³-hybridized carbons (Fsp3) is 0.231. The summed E-state index contributed by atoms with van der Waals surface area (Å²) in [7, 11) is 0. The van der Waals surface area contributed by atoms with E-state index in [0.29, 0.717) is 43.2 Å². The number of hydrogen-bond donors (Lipinski definition) is 3. The number of aromatic nitrogens is 1. The molecule has 1 fully saturated rings. The molecule has 1 saturated heterocycles. The van der Waals surface area contributed by atoms with Gasteiger partial charge >= 0.3 is 6.18 Å². The van der Waals surface area contributed by atoms with E-state index >= 15 is 4.39 Å². The fourth-order valence-electron chi connectivity index (χ4n) is 6.90. The van der Waals surface area contributed by atoms with E-state index in [1.807, 2.05) is 24.3 Å². The van der Waals surface area contributed by atoms with Crippen LogP contribution in [-0.2, 0) is 23.9 Å². The summed E-state index contributed by atoms with van der Waals surface area (Å²) in [5, 5.41) is 15.8. The zero-order valence-electron chi connectivity index (χ0n) is 28.8. The molecule has 5 aromatic rings. The summed E-state index contributed by atoms with van der Waals surface area (Å²) >= 11 is 5.54. The molecule has 1 aromatic heterocycles. The minimum Gasteiger partial charge on any atom is -0.489 e. The Kier molecular flexibility index (Phi) is 9.36. The second kappa shape index (κ2) is 13.9. The van der Waals surface area contributed by atoms with Crippen molar-refractivity contribution < 1.29 is 36.3 Å². The van der Waals surface area contributed by atoms with Crippen molar-refractivity contribution in [2.45, 2.75) is 38.5 Å². The molecule has 9 nitrogen and oxygen atoms in total. The predicted molar refractivity (Wildman–Crippen MR) is 196 cm³/mol. The summed E-state index contributed by atoms with van der Waals surface area (Å²) in [6.45, 7) is 4.48. The van der Waals surface area contributed by atoms with Crippen molar-refractivity contribution in [1.82, 2.24) is 15.6 Å². The normalized spacial score (nSPS) is 15.4. The van der Waals surface area contributed by atoms with Crippen LogP contribution in [0.5, 0.6) is 5.75 Å². The molecule has 0 unspecified atom stereocenters. The highest BCUT2D eigenvalue weighted by atomic mass is 32.1. The van der Waals surface area contributed by atoms with Crippen LogP contribution in [0.4, 0.5) is 33.3 Å². The van der Waals surface area contributed by atoms with Gasteiger partial charge in [0.25, 0.3) is 11.8 Å². The molecule has 0 aliphatic carbocycles. The first-order chi connectivity index (χ1) is 25.7. The topological polar surface area (TPSA) is 113 Å². The highest BCUT2D eigenvalue weighted by Crippen LogP contribution is 2.41. The molecule has 2 aliphatic rings. The molecule has 3 N–H and O–H groups in total. The molecule has 2 aliphatic heterocycles. The van der Waals surface area contributed by atoms with Gasteiger partial charge in [-0.25, -0.2) is 8.78 Å². The van der Waals surface area contributed by atoms with E-state index in [9.17, 15) is 27.2 Å². The maximum Gasteiger partial charge on any atom is 0.417 e. The summed E-state index contributed by atoms with van der Waals surface area (Å²) in [6, 6.07) is 18.9. The van der Waals surface area contributed by atoms with Gasteiger partial charge in [0.05, 0.1) is 28.4 Å². The molecule has 0 saturated carbocycles. The Hall–Kier alpha value is -5.85. The molecule has 276 valence electrons. The van der Waals surface area contributed by atoms with E-state index in [1.54, 1.807) is 0 Å². The largest absolute Gasteiger partial charge is 0.489 e. The van der Waals surface area contributed by atoms with Crippen molar-refractivity contribution in [2.24, 2.45) is 0 Å². The Bertz CT molecular complexity index is 2390. The van der Waals surface area contributed by atoms with E-state index in [4.69, 9.17) is 22.2 Å². The van der Waals surface area contributed by atoms with Gasteiger partial charge in [-0.2, -0.15) is 18.4 Å². The van der Waals surface area contributed by atoms with E-state index in [2.05, 4.69) is 15.6 Å². The number of carbonyl (C=O) groups is 2. The number of benzene rings is 4. The number of carbonyl (C=O) groups excluding carboxylic acids is 2. The Morgan fingerprint density at radius 1 is 1.00 bits per heavy atom. The SMILES string of the molecule is CC1(C)C(=O)N(c2ccc(C#N)c(C(F)(F)F)c2)C(=S)N1c1ccc(OCCNCc2ccc(-c3[nH]c4cc(F)cc5c4c3CCNC5=O)cc2)c(F)c1. The van der Waals surface area contributed by atoms with Crippen LogP contribution in [0.2, 0.25) is 0 Å². The van der Waals surface area contributed by atoms with Gasteiger partial charge in [0, 0.05) is 48.0 Å². The number of hydrogen-bond acceptors (Lipinski definition) is 6. The summed E-state index contributed by atoms with van der Waals surface area (Å²) < 4.78 is 76.2. The van der Waals surface area contributed by atoms with E-state index in [0.717, 1.165) is 44.8 Å². The summed E-state index contributed by atoms with van der Waals surface area (Å²) in [6.07, 6.45) is -4.24. The number of alkyl halides is 3. The zero-order chi connectivity index (χ0) is 38.5. The lowest BCUT2D eigenvalue weighted by atomic mass is 9.99. The molecule has 7 rings (SSSR count). The number of H-pyrrole nitrogens is 1. The van der Waals surface area contributed by atoms with Crippen LogP contribution in [0.1, 0.15) is 46.5 Å². The molecular weight excluding hydrogens is 728 g/mol. The minimum atomic E-state index is -4.84. The number of thiocarbonyl (C=S) groups is 1. The van der Waals surface area contributed by atoms with Crippen LogP contribution in [-0.4, -0.2) is 47.1 Å². The number of halogens is 5. The second-order valence-electron chi connectivity index (χ2n) is 13.4. The monoisotopic (exact) mass is 758 g/mol. The van der Waals surface area contributed by atoms with Crippen molar-refractivity contribution in [1.29, 1.82) is 5.26 Å². The van der Waals surface area contributed by atoms with Crippen molar-refractivity contribution in [3.63, 3.8) is 0 Å². The number of aromatic amines is 1. The predicted octanol–water partition coefficient (Wildman–Crippen LogP) is 7.37. The van der Waals surface area contributed by atoms with Gasteiger partial charge in [-0.15, -0.1) is 0 Å². The van der Waals surface area contributed by atoms with Crippen LogP contribution < -0.4 is 25.2 Å². The molecule has 54 heavy (non-hydrogen) atoms. The van der Waals surface area contributed by atoms with Crippen molar-refractivity contribution in [3.05, 3.63) is 112 Å². The minimum absolute atomic E-state index is 0.0454. The highest BCUT2D eigenvalue weighted by molar-refractivity contribution is 7.81. The first-order valence-corrected chi connectivity index (χ1v) is 17.2. The van der Waals surface area contributed by atoms with Gasteiger partial charge < -0.3 is 25.3 Å². The summed E-state index contributed by atoms with van der Waals surface area (Å²) in [4.78, 5) is 31.6. The smallest absolute Gasteiger partial charge is 0.417 e. The van der Waals surface area contributed by atoms with Crippen LogP contribution in [0, 0.1) is 23.0 Å². The number of nitriles is 1. The molecule has 0 bridgehead atoms. The van der Waals surface area contributed by atoms with E-state index in [-0.39, 0.29) is 34.8 Å². The molecular formula is C39H31F5N6O3S. The van der Waals surface area contributed by atoms with Crippen molar-refractivity contribution >= 4 is 51.4 Å². The number of ether oxygens (including phenoxy) is 1. The zero-order valence-corrected chi connectivity index (χ0v) is 29.6. The third kappa shape index (κ3) is 6.52. The van der Waals surface area contributed by atoms with Crippen LogP contribution in [0.15, 0.2) is 72.8 Å². The number of nitrogens with one attached hydrogen (secondary N) is 3. The Labute approximate surface area is 311 Å². The maximum absolute atomic E-state index is 15.3. The highest BCUT2D eigenvalue weighted by Gasteiger charge is 2.51. The van der Waals surface area contributed by atoms with Gasteiger partial charge in [-0.3, -0.25) is 14.5 Å². The van der Waals surface area contributed by atoms with Gasteiger partial charge in [-0.1, -0.05) is 24.3 Å². The molecule has 4 aromatic carbocycles. The van der Waals surface area contributed by atoms with Crippen LogP contribution in [0.3, 0.4) is 0 Å². The molecule has 2 amide bonds. The third-order valence-electron chi connectivity index (χ3n) is 9.51. The lowest BCUT2D eigenvalue weighted by Crippen LogP contribution is -2.44. The summed E-state index contributed by atoms with van der Waals surface area (Å²) in [5.74, 6) is -2.19. The first kappa shape index (κ1) is 36.5. The second-order valence-corrected chi connectivity index (χ2v) is 13.7. The van der Waals surface area contributed by atoms with Gasteiger partial charge in [-0.05, 0) is 91.6 Å². The first-order valence-electron chi connectivity index (χ1n) is 16.8.